The Morgan fingerprint density at radius 2 is 1.90 bits per heavy atom. The Balaban J connectivity index is 1.55. The molecule has 116 valence electrons. The highest BCUT2D eigenvalue weighted by Gasteiger charge is 2.23. The van der Waals surface area contributed by atoms with Crippen molar-refractivity contribution in [1.82, 2.24) is 0 Å². The minimum Gasteiger partial charge on any atom is -0.352 e. The van der Waals surface area contributed by atoms with E-state index in [0.29, 0.717) is 18.3 Å². The maximum Gasteiger partial charge on any atom is 0.157 e. The van der Waals surface area contributed by atoms with E-state index in [4.69, 9.17) is 9.47 Å². The normalized spacial score (nSPS) is 31.1. The molecule has 0 bridgehead atoms. The summed E-state index contributed by atoms with van der Waals surface area (Å²) in [6.07, 6.45) is 11.4. The summed E-state index contributed by atoms with van der Waals surface area (Å²) in [4.78, 5) is 0. The molecule has 1 aliphatic carbocycles. The fourth-order valence-electron chi connectivity index (χ4n) is 3.09. The van der Waals surface area contributed by atoms with Crippen molar-refractivity contribution in [3.63, 3.8) is 0 Å². The highest BCUT2D eigenvalue weighted by atomic mass is 19.1. The van der Waals surface area contributed by atoms with E-state index >= 15 is 0 Å². The van der Waals surface area contributed by atoms with Gasteiger partial charge in [-0.15, -0.1) is 0 Å². The molecule has 1 unspecified atom stereocenters. The highest BCUT2D eigenvalue weighted by Crippen LogP contribution is 2.29. The van der Waals surface area contributed by atoms with Crippen LogP contribution >= 0.6 is 0 Å². The SMILES string of the molecule is CCCCC[C@H]1CO[C@H](CCC2CC=C(F)CC2)OC1. The average Bonchev–Trinajstić information content (AvgIpc) is 2.48. The number of ether oxygens (including phenoxy) is 2. The topological polar surface area (TPSA) is 18.5 Å². The van der Waals surface area contributed by atoms with E-state index in [1.54, 1.807) is 6.08 Å². The zero-order valence-electron chi connectivity index (χ0n) is 12.8. The van der Waals surface area contributed by atoms with E-state index in [9.17, 15) is 4.39 Å². The molecular formula is C17H29FO2. The summed E-state index contributed by atoms with van der Waals surface area (Å²) >= 11 is 0. The molecule has 1 heterocycles. The van der Waals surface area contributed by atoms with Crippen LogP contribution in [0, 0.1) is 11.8 Å². The van der Waals surface area contributed by atoms with Crippen LogP contribution in [0.3, 0.4) is 0 Å². The predicted molar refractivity (Wildman–Crippen MR) is 79.1 cm³/mol. The Labute approximate surface area is 122 Å². The van der Waals surface area contributed by atoms with Crippen molar-refractivity contribution >= 4 is 0 Å². The third kappa shape index (κ3) is 5.53. The average molecular weight is 284 g/mol. The quantitative estimate of drug-likeness (QED) is 0.613. The van der Waals surface area contributed by atoms with Gasteiger partial charge in [-0.1, -0.05) is 32.3 Å². The number of unbranched alkanes of at least 4 members (excludes halogenated alkanes) is 2. The molecule has 0 N–H and O–H groups in total. The second kappa shape index (κ2) is 8.78. The highest BCUT2D eigenvalue weighted by molar-refractivity contribution is 4.97. The van der Waals surface area contributed by atoms with Crippen LogP contribution in [-0.4, -0.2) is 19.5 Å². The summed E-state index contributed by atoms with van der Waals surface area (Å²) in [6.45, 7) is 3.94. The smallest absolute Gasteiger partial charge is 0.157 e. The van der Waals surface area contributed by atoms with Gasteiger partial charge >= 0.3 is 0 Å². The number of allylic oxidation sites excluding steroid dienone is 2. The first-order valence-electron chi connectivity index (χ1n) is 8.35. The van der Waals surface area contributed by atoms with Crippen LogP contribution in [-0.2, 0) is 9.47 Å². The van der Waals surface area contributed by atoms with Crippen LogP contribution in [0.4, 0.5) is 4.39 Å². The van der Waals surface area contributed by atoms with Crippen molar-refractivity contribution in [2.75, 3.05) is 13.2 Å². The summed E-state index contributed by atoms with van der Waals surface area (Å²) in [6, 6.07) is 0. The molecule has 1 saturated heterocycles. The van der Waals surface area contributed by atoms with Crippen LogP contribution in [0.25, 0.3) is 0 Å². The lowest BCUT2D eigenvalue weighted by molar-refractivity contribution is -0.205. The second-order valence-corrected chi connectivity index (χ2v) is 6.33. The van der Waals surface area contributed by atoms with Crippen molar-refractivity contribution in [1.29, 1.82) is 0 Å². The Bertz CT molecular complexity index is 295. The summed E-state index contributed by atoms with van der Waals surface area (Å²) in [5, 5.41) is 0. The maximum absolute atomic E-state index is 12.9. The van der Waals surface area contributed by atoms with Gasteiger partial charge in [-0.3, -0.25) is 0 Å². The number of rotatable bonds is 7. The fraction of sp³-hybridized carbons (Fsp3) is 0.882. The zero-order valence-corrected chi connectivity index (χ0v) is 12.8. The lowest BCUT2D eigenvalue weighted by atomic mass is 9.89. The monoisotopic (exact) mass is 284 g/mol. The number of hydrogen-bond donors (Lipinski definition) is 0. The lowest BCUT2D eigenvalue weighted by Crippen LogP contribution is -2.32. The van der Waals surface area contributed by atoms with Crippen LogP contribution < -0.4 is 0 Å². The third-order valence-corrected chi connectivity index (χ3v) is 4.53. The van der Waals surface area contributed by atoms with Gasteiger partial charge in [-0.25, -0.2) is 4.39 Å². The first-order valence-corrected chi connectivity index (χ1v) is 8.35. The van der Waals surface area contributed by atoms with Crippen LogP contribution in [0.2, 0.25) is 0 Å². The molecular weight excluding hydrogens is 255 g/mol. The molecule has 0 spiro atoms. The molecule has 0 aromatic carbocycles. The molecule has 0 radical (unpaired) electrons. The van der Waals surface area contributed by atoms with Crippen molar-refractivity contribution in [3.8, 4) is 0 Å². The largest absolute Gasteiger partial charge is 0.352 e. The van der Waals surface area contributed by atoms with Gasteiger partial charge in [0.2, 0.25) is 0 Å². The minimum atomic E-state index is -0.0202. The van der Waals surface area contributed by atoms with Gasteiger partial charge in [0.15, 0.2) is 6.29 Å². The summed E-state index contributed by atoms with van der Waals surface area (Å²) < 4.78 is 24.6. The van der Waals surface area contributed by atoms with Crippen molar-refractivity contribution < 1.29 is 13.9 Å². The predicted octanol–water partition coefficient (Wildman–Crippen LogP) is 4.99. The van der Waals surface area contributed by atoms with E-state index in [1.807, 2.05) is 0 Å². The first-order chi connectivity index (χ1) is 9.78. The molecule has 1 atom stereocenters. The van der Waals surface area contributed by atoms with E-state index in [1.165, 1.54) is 25.7 Å². The van der Waals surface area contributed by atoms with E-state index in [0.717, 1.165) is 38.9 Å². The molecule has 2 aliphatic rings. The summed E-state index contributed by atoms with van der Waals surface area (Å²) in [7, 11) is 0. The lowest BCUT2D eigenvalue weighted by Gasteiger charge is -2.30. The summed E-state index contributed by atoms with van der Waals surface area (Å²) in [5.41, 5.74) is 0. The Morgan fingerprint density at radius 3 is 2.55 bits per heavy atom. The molecule has 20 heavy (non-hydrogen) atoms. The van der Waals surface area contributed by atoms with E-state index < -0.39 is 0 Å². The van der Waals surface area contributed by atoms with Gasteiger partial charge in [0.05, 0.1) is 19.0 Å². The van der Waals surface area contributed by atoms with Gasteiger partial charge < -0.3 is 9.47 Å². The first kappa shape index (κ1) is 16.0. The van der Waals surface area contributed by atoms with Gasteiger partial charge in [0.1, 0.15) is 0 Å². The molecule has 0 amide bonds. The molecule has 2 nitrogen and oxygen atoms in total. The Kier molecular flexibility index (Phi) is 7.01. The molecule has 3 heteroatoms. The molecule has 1 fully saturated rings. The van der Waals surface area contributed by atoms with Crippen molar-refractivity contribution in [2.24, 2.45) is 11.8 Å². The van der Waals surface area contributed by atoms with Gasteiger partial charge in [0, 0.05) is 5.92 Å². The van der Waals surface area contributed by atoms with E-state index in [2.05, 4.69) is 6.92 Å². The minimum absolute atomic E-state index is 0.0202. The molecule has 0 saturated carbocycles. The molecule has 2 rings (SSSR count). The third-order valence-electron chi connectivity index (χ3n) is 4.53. The molecule has 0 aromatic heterocycles. The molecule has 1 aliphatic heterocycles. The zero-order chi connectivity index (χ0) is 14.2. The number of halogens is 1. The van der Waals surface area contributed by atoms with Crippen LogP contribution in [0.5, 0.6) is 0 Å². The van der Waals surface area contributed by atoms with Gasteiger partial charge in [-0.2, -0.15) is 0 Å². The summed E-state index contributed by atoms with van der Waals surface area (Å²) in [5.74, 6) is 1.27. The van der Waals surface area contributed by atoms with Crippen molar-refractivity contribution in [3.05, 3.63) is 11.9 Å². The Hall–Kier alpha value is -0.410. The van der Waals surface area contributed by atoms with Crippen LogP contribution in [0.15, 0.2) is 11.9 Å². The van der Waals surface area contributed by atoms with Gasteiger partial charge in [-0.05, 0) is 44.4 Å². The van der Waals surface area contributed by atoms with Crippen molar-refractivity contribution in [2.45, 2.75) is 71.0 Å². The number of hydrogen-bond acceptors (Lipinski definition) is 2. The van der Waals surface area contributed by atoms with E-state index in [-0.39, 0.29) is 12.1 Å². The van der Waals surface area contributed by atoms with Crippen LogP contribution in [0.1, 0.15) is 64.7 Å². The standard InChI is InChI=1S/C17H29FO2/c1-2-3-4-5-15-12-19-17(20-13-15)11-8-14-6-9-16(18)10-7-14/h9,14-15,17H,2-8,10-13H2,1H3/t14?,15-,17-. The van der Waals surface area contributed by atoms with Gasteiger partial charge in [0.25, 0.3) is 0 Å². The Morgan fingerprint density at radius 1 is 1.10 bits per heavy atom. The fourth-order valence-corrected chi connectivity index (χ4v) is 3.09. The second-order valence-electron chi connectivity index (χ2n) is 6.33. The molecule has 0 aromatic rings. The maximum atomic E-state index is 12.9.